The topological polar surface area (TPSA) is 59.4 Å². The molecule has 0 amide bonds. The van der Waals surface area contributed by atoms with E-state index in [4.69, 9.17) is 0 Å². The van der Waals surface area contributed by atoms with Crippen LogP contribution >= 0.6 is 0 Å². The highest BCUT2D eigenvalue weighted by molar-refractivity contribution is 7.89. The van der Waals surface area contributed by atoms with Gasteiger partial charge in [-0.25, -0.2) is 12.7 Å². The number of nitrogens with zero attached hydrogens (tertiary/aromatic N) is 2. The summed E-state index contributed by atoms with van der Waals surface area (Å²) in [6.07, 6.45) is 1.40. The van der Waals surface area contributed by atoms with Crippen LogP contribution in [0.1, 0.15) is 30.9 Å². The summed E-state index contributed by atoms with van der Waals surface area (Å²) in [6.45, 7) is 4.58. The molecule has 0 unspecified atom stereocenters. The van der Waals surface area contributed by atoms with Crippen LogP contribution in [0, 0.1) is 0 Å². The molecule has 1 aromatic heterocycles. The Morgan fingerprint density at radius 1 is 1.04 bits per heavy atom. The van der Waals surface area contributed by atoms with E-state index in [1.165, 1.54) is 42.6 Å². The highest BCUT2D eigenvalue weighted by Gasteiger charge is 2.18. The lowest BCUT2D eigenvalue weighted by Gasteiger charge is -2.13. The Bertz CT molecular complexity index is 835. The van der Waals surface area contributed by atoms with E-state index in [-0.39, 0.29) is 10.5 Å². The minimum Gasteiger partial charge on any atom is -0.310 e. The Labute approximate surface area is 137 Å². The van der Waals surface area contributed by atoms with Gasteiger partial charge in [-0.15, -0.1) is 0 Å². The van der Waals surface area contributed by atoms with E-state index in [0.29, 0.717) is 12.5 Å². The van der Waals surface area contributed by atoms with E-state index in [0.717, 1.165) is 9.87 Å². The second-order valence-electron chi connectivity index (χ2n) is 6.01. The number of rotatable bonds is 5. The predicted octanol–water partition coefficient (Wildman–Crippen LogP) is 2.27. The van der Waals surface area contributed by atoms with Gasteiger partial charge < -0.3 is 4.57 Å². The molecule has 1 heterocycles. The van der Waals surface area contributed by atoms with Gasteiger partial charge in [0.05, 0.1) is 11.4 Å². The maximum atomic E-state index is 12.2. The van der Waals surface area contributed by atoms with Crippen molar-refractivity contribution in [3.63, 3.8) is 0 Å². The quantitative estimate of drug-likeness (QED) is 0.843. The fraction of sp³-hybridized carbons (Fsp3) is 0.353. The third-order valence-electron chi connectivity index (χ3n) is 3.73. The largest absolute Gasteiger partial charge is 0.310 e. The van der Waals surface area contributed by atoms with E-state index >= 15 is 0 Å². The SMILES string of the molecule is CC(C)c1ccc(Cn2cc(S(=O)(=O)N(C)C)ccc2=O)cc1. The summed E-state index contributed by atoms with van der Waals surface area (Å²) in [5.41, 5.74) is 1.96. The van der Waals surface area contributed by atoms with E-state index in [1.54, 1.807) is 0 Å². The maximum Gasteiger partial charge on any atom is 0.250 e. The van der Waals surface area contributed by atoms with Crippen LogP contribution in [0.3, 0.4) is 0 Å². The van der Waals surface area contributed by atoms with E-state index in [9.17, 15) is 13.2 Å². The second-order valence-corrected chi connectivity index (χ2v) is 8.17. The standard InChI is InChI=1S/C17H22N2O3S/c1-13(2)15-7-5-14(6-8-15)11-19-12-16(9-10-17(19)20)23(21,22)18(3)4/h5-10,12-13H,11H2,1-4H3. The summed E-state index contributed by atoms with van der Waals surface area (Å²) in [7, 11) is -0.617. The van der Waals surface area contributed by atoms with Crippen molar-refractivity contribution in [2.24, 2.45) is 0 Å². The first kappa shape index (κ1) is 17.4. The molecule has 0 aliphatic rings. The van der Waals surface area contributed by atoms with Gasteiger partial charge in [-0.2, -0.15) is 0 Å². The maximum absolute atomic E-state index is 12.2. The molecule has 2 rings (SSSR count). The Morgan fingerprint density at radius 2 is 1.65 bits per heavy atom. The number of hydrogen-bond acceptors (Lipinski definition) is 3. The first-order valence-electron chi connectivity index (χ1n) is 7.43. The van der Waals surface area contributed by atoms with Crippen LogP contribution in [-0.2, 0) is 16.6 Å². The zero-order valence-corrected chi connectivity index (χ0v) is 14.7. The van der Waals surface area contributed by atoms with Crippen molar-refractivity contribution < 1.29 is 8.42 Å². The van der Waals surface area contributed by atoms with Gasteiger partial charge in [-0.1, -0.05) is 38.1 Å². The minimum absolute atomic E-state index is 0.112. The Kier molecular flexibility index (Phi) is 5.06. The van der Waals surface area contributed by atoms with Crippen LogP contribution in [0.15, 0.2) is 52.3 Å². The Morgan fingerprint density at radius 3 is 2.17 bits per heavy atom. The lowest BCUT2D eigenvalue weighted by Crippen LogP contribution is -2.26. The third kappa shape index (κ3) is 3.89. The summed E-state index contributed by atoms with van der Waals surface area (Å²) in [4.78, 5) is 12.1. The smallest absolute Gasteiger partial charge is 0.250 e. The summed E-state index contributed by atoms with van der Waals surface area (Å²) in [5.74, 6) is 0.445. The Balaban J connectivity index is 2.35. The van der Waals surface area contributed by atoms with Crippen molar-refractivity contribution in [2.45, 2.75) is 31.2 Å². The highest BCUT2D eigenvalue weighted by atomic mass is 32.2. The van der Waals surface area contributed by atoms with Crippen molar-refractivity contribution in [3.05, 3.63) is 64.1 Å². The van der Waals surface area contributed by atoms with E-state index in [2.05, 4.69) is 13.8 Å². The molecule has 0 atom stereocenters. The van der Waals surface area contributed by atoms with Gasteiger partial charge in [0, 0.05) is 26.4 Å². The molecule has 6 heteroatoms. The molecular formula is C17H22N2O3S. The molecular weight excluding hydrogens is 312 g/mol. The lowest BCUT2D eigenvalue weighted by atomic mass is 10.0. The third-order valence-corrected chi connectivity index (χ3v) is 5.53. The van der Waals surface area contributed by atoms with Gasteiger partial charge >= 0.3 is 0 Å². The van der Waals surface area contributed by atoms with Gasteiger partial charge in [0.1, 0.15) is 0 Å². The number of pyridine rings is 1. The van der Waals surface area contributed by atoms with Crippen LogP contribution in [-0.4, -0.2) is 31.4 Å². The van der Waals surface area contributed by atoms with Crippen LogP contribution in [0.5, 0.6) is 0 Å². The first-order valence-corrected chi connectivity index (χ1v) is 8.87. The zero-order chi connectivity index (χ0) is 17.2. The van der Waals surface area contributed by atoms with Crippen molar-refractivity contribution in [2.75, 3.05) is 14.1 Å². The summed E-state index contributed by atoms with van der Waals surface area (Å²) < 4.78 is 26.9. The second kappa shape index (κ2) is 6.68. The fourth-order valence-electron chi connectivity index (χ4n) is 2.20. The average molecular weight is 334 g/mol. The highest BCUT2D eigenvalue weighted by Crippen LogP contribution is 2.16. The number of benzene rings is 1. The molecule has 0 aliphatic carbocycles. The molecule has 23 heavy (non-hydrogen) atoms. The summed E-state index contributed by atoms with van der Waals surface area (Å²) in [5, 5.41) is 0. The average Bonchev–Trinajstić information content (AvgIpc) is 2.49. The fourth-order valence-corrected chi connectivity index (χ4v) is 3.12. The van der Waals surface area contributed by atoms with Gasteiger partial charge in [0.2, 0.25) is 10.0 Å². The summed E-state index contributed by atoms with van der Waals surface area (Å²) in [6, 6.07) is 10.6. The van der Waals surface area contributed by atoms with Crippen LogP contribution in [0.4, 0.5) is 0 Å². The molecule has 0 radical (unpaired) electrons. The molecule has 0 N–H and O–H groups in total. The predicted molar refractivity (Wildman–Crippen MR) is 91.2 cm³/mol. The number of sulfonamides is 1. The van der Waals surface area contributed by atoms with Gasteiger partial charge in [-0.3, -0.25) is 4.79 Å². The molecule has 0 spiro atoms. The van der Waals surface area contributed by atoms with Gasteiger partial charge in [0.25, 0.3) is 5.56 Å². The van der Waals surface area contributed by atoms with Crippen molar-refractivity contribution in [3.8, 4) is 0 Å². The Hall–Kier alpha value is -1.92. The van der Waals surface area contributed by atoms with Gasteiger partial charge in [0.15, 0.2) is 0 Å². The van der Waals surface area contributed by atoms with Gasteiger partial charge in [-0.05, 0) is 23.1 Å². The number of hydrogen-bond donors (Lipinski definition) is 0. The molecule has 0 bridgehead atoms. The van der Waals surface area contributed by atoms with Crippen molar-refractivity contribution in [1.82, 2.24) is 8.87 Å². The molecule has 5 nitrogen and oxygen atoms in total. The summed E-state index contributed by atoms with van der Waals surface area (Å²) >= 11 is 0. The molecule has 124 valence electrons. The molecule has 2 aromatic rings. The van der Waals surface area contributed by atoms with Crippen molar-refractivity contribution in [1.29, 1.82) is 0 Å². The minimum atomic E-state index is -3.55. The zero-order valence-electron chi connectivity index (χ0n) is 13.9. The molecule has 1 aromatic carbocycles. The number of aromatic nitrogens is 1. The van der Waals surface area contributed by atoms with Crippen LogP contribution in [0.2, 0.25) is 0 Å². The lowest BCUT2D eigenvalue weighted by molar-refractivity contribution is 0.519. The normalized spacial score (nSPS) is 12.1. The molecule has 0 saturated carbocycles. The van der Waals surface area contributed by atoms with Crippen LogP contribution < -0.4 is 5.56 Å². The van der Waals surface area contributed by atoms with Crippen molar-refractivity contribution >= 4 is 10.0 Å². The monoisotopic (exact) mass is 334 g/mol. The molecule has 0 saturated heterocycles. The van der Waals surface area contributed by atoms with E-state index < -0.39 is 10.0 Å². The first-order chi connectivity index (χ1) is 10.7. The molecule has 0 aliphatic heterocycles. The van der Waals surface area contributed by atoms with Crippen LogP contribution in [0.25, 0.3) is 0 Å². The van der Waals surface area contributed by atoms with E-state index in [1.807, 2.05) is 24.3 Å². The molecule has 0 fully saturated rings.